The van der Waals surface area contributed by atoms with E-state index in [1.165, 1.54) is 32.6 Å². The molecule has 8 heteroatoms. The number of carbonyl (C=O) groups excluding carboxylic acids is 1. The van der Waals surface area contributed by atoms with Crippen molar-refractivity contribution in [2.75, 3.05) is 14.2 Å². The number of nitro groups is 1. The SMILES string of the molecule is COc1ccc(CC(=O)N/N=C/C=C/c2ccccc2[N+](=O)[O-])cc1OC. The Morgan fingerprint density at radius 3 is 2.63 bits per heavy atom. The van der Waals surface area contributed by atoms with E-state index in [9.17, 15) is 14.9 Å². The molecule has 0 saturated carbocycles. The number of nitrogens with one attached hydrogen (secondary N) is 1. The molecule has 0 aliphatic rings. The topological polar surface area (TPSA) is 103 Å². The lowest BCUT2D eigenvalue weighted by Gasteiger charge is -2.08. The Bertz CT molecular complexity index is 877. The Morgan fingerprint density at radius 1 is 1.19 bits per heavy atom. The minimum Gasteiger partial charge on any atom is -0.493 e. The number of hydrazone groups is 1. The second-order valence-corrected chi connectivity index (χ2v) is 5.35. The van der Waals surface area contributed by atoms with Crippen LogP contribution in [0.1, 0.15) is 11.1 Å². The number of hydrogen-bond acceptors (Lipinski definition) is 6. The predicted molar refractivity (Wildman–Crippen MR) is 102 cm³/mol. The second-order valence-electron chi connectivity index (χ2n) is 5.35. The van der Waals surface area contributed by atoms with E-state index in [0.717, 1.165) is 5.56 Å². The lowest BCUT2D eigenvalue weighted by Crippen LogP contribution is -2.19. The Morgan fingerprint density at radius 2 is 1.93 bits per heavy atom. The van der Waals surface area contributed by atoms with Gasteiger partial charge < -0.3 is 9.47 Å². The van der Waals surface area contributed by atoms with Crippen LogP contribution >= 0.6 is 0 Å². The average molecular weight is 369 g/mol. The highest BCUT2D eigenvalue weighted by atomic mass is 16.6. The van der Waals surface area contributed by atoms with Gasteiger partial charge in [0.15, 0.2) is 11.5 Å². The third kappa shape index (κ3) is 5.67. The molecule has 0 unspecified atom stereocenters. The molecule has 27 heavy (non-hydrogen) atoms. The Labute approximate surface area is 156 Å². The number of carbonyl (C=O) groups is 1. The molecule has 0 heterocycles. The number of rotatable bonds is 8. The molecule has 0 saturated heterocycles. The fourth-order valence-corrected chi connectivity index (χ4v) is 2.31. The largest absolute Gasteiger partial charge is 0.493 e. The van der Waals surface area contributed by atoms with Gasteiger partial charge in [-0.05, 0) is 35.9 Å². The number of nitrogens with zero attached hydrogens (tertiary/aromatic N) is 2. The summed E-state index contributed by atoms with van der Waals surface area (Å²) in [5.74, 6) is 0.816. The number of para-hydroxylation sites is 1. The summed E-state index contributed by atoms with van der Waals surface area (Å²) in [7, 11) is 3.06. The molecule has 1 amide bonds. The van der Waals surface area contributed by atoms with Crippen LogP contribution in [0.2, 0.25) is 0 Å². The molecule has 2 aromatic rings. The zero-order valence-corrected chi connectivity index (χ0v) is 14.9. The van der Waals surface area contributed by atoms with Crippen molar-refractivity contribution in [2.45, 2.75) is 6.42 Å². The van der Waals surface area contributed by atoms with Crippen LogP contribution in [0.25, 0.3) is 6.08 Å². The van der Waals surface area contributed by atoms with E-state index < -0.39 is 4.92 Å². The van der Waals surface area contributed by atoms with Crippen molar-refractivity contribution < 1.29 is 19.2 Å². The van der Waals surface area contributed by atoms with E-state index in [2.05, 4.69) is 10.5 Å². The Kier molecular flexibility index (Phi) is 7.07. The lowest BCUT2D eigenvalue weighted by molar-refractivity contribution is -0.385. The van der Waals surface area contributed by atoms with E-state index in [1.54, 1.807) is 42.5 Å². The molecule has 0 atom stereocenters. The molecule has 0 spiro atoms. The van der Waals surface area contributed by atoms with Gasteiger partial charge in [0.05, 0.1) is 31.1 Å². The highest BCUT2D eigenvalue weighted by molar-refractivity contribution is 5.83. The van der Waals surface area contributed by atoms with Crippen molar-refractivity contribution in [2.24, 2.45) is 5.10 Å². The van der Waals surface area contributed by atoms with Crippen molar-refractivity contribution in [1.29, 1.82) is 0 Å². The monoisotopic (exact) mass is 369 g/mol. The maximum Gasteiger partial charge on any atom is 0.276 e. The van der Waals surface area contributed by atoms with Crippen molar-refractivity contribution >= 4 is 23.9 Å². The van der Waals surface area contributed by atoms with Crippen LogP contribution in [0.15, 0.2) is 53.6 Å². The molecule has 0 bridgehead atoms. The van der Waals surface area contributed by atoms with Crippen LogP contribution in [-0.4, -0.2) is 31.3 Å². The number of amides is 1. The summed E-state index contributed by atoms with van der Waals surface area (Å²) in [6, 6.07) is 11.5. The van der Waals surface area contributed by atoms with Crippen molar-refractivity contribution in [3.05, 3.63) is 69.8 Å². The van der Waals surface area contributed by atoms with E-state index in [1.807, 2.05) is 0 Å². The number of methoxy groups -OCH3 is 2. The normalized spacial score (nSPS) is 10.9. The van der Waals surface area contributed by atoms with Gasteiger partial charge in [-0.1, -0.05) is 18.2 Å². The Hall–Kier alpha value is -3.68. The van der Waals surface area contributed by atoms with Gasteiger partial charge in [-0.25, -0.2) is 5.43 Å². The van der Waals surface area contributed by atoms with Crippen molar-refractivity contribution in [1.82, 2.24) is 5.43 Å². The number of ether oxygens (including phenoxy) is 2. The maximum absolute atomic E-state index is 11.9. The number of allylic oxidation sites excluding steroid dienone is 1. The first kappa shape index (κ1) is 19.6. The third-order valence-corrected chi connectivity index (χ3v) is 3.57. The van der Waals surface area contributed by atoms with E-state index >= 15 is 0 Å². The van der Waals surface area contributed by atoms with Crippen LogP contribution < -0.4 is 14.9 Å². The van der Waals surface area contributed by atoms with E-state index in [0.29, 0.717) is 17.1 Å². The zero-order valence-electron chi connectivity index (χ0n) is 14.9. The van der Waals surface area contributed by atoms with Gasteiger partial charge in [-0.15, -0.1) is 0 Å². The number of benzene rings is 2. The van der Waals surface area contributed by atoms with Gasteiger partial charge in [0.2, 0.25) is 5.91 Å². The van der Waals surface area contributed by atoms with Crippen molar-refractivity contribution in [3.63, 3.8) is 0 Å². The highest BCUT2D eigenvalue weighted by Gasteiger charge is 2.09. The summed E-state index contributed by atoms with van der Waals surface area (Å²) in [5.41, 5.74) is 3.59. The molecule has 2 rings (SSSR count). The quantitative estimate of drug-likeness (QED) is 0.438. The summed E-state index contributed by atoms with van der Waals surface area (Å²) in [6.45, 7) is 0. The lowest BCUT2D eigenvalue weighted by atomic mass is 10.1. The molecule has 2 aromatic carbocycles. The molecular weight excluding hydrogens is 350 g/mol. The van der Waals surface area contributed by atoms with Crippen LogP contribution in [0.3, 0.4) is 0 Å². The van der Waals surface area contributed by atoms with Gasteiger partial charge in [-0.3, -0.25) is 14.9 Å². The van der Waals surface area contributed by atoms with Gasteiger partial charge in [0.25, 0.3) is 5.69 Å². The summed E-state index contributed by atoms with van der Waals surface area (Å²) < 4.78 is 10.3. The van der Waals surface area contributed by atoms with Gasteiger partial charge in [0, 0.05) is 12.3 Å². The fourth-order valence-electron chi connectivity index (χ4n) is 2.31. The summed E-state index contributed by atoms with van der Waals surface area (Å²) in [5, 5.41) is 14.7. The van der Waals surface area contributed by atoms with Gasteiger partial charge in [0.1, 0.15) is 0 Å². The molecule has 1 N–H and O–H groups in total. The zero-order chi connectivity index (χ0) is 19.6. The van der Waals surface area contributed by atoms with E-state index in [4.69, 9.17) is 9.47 Å². The van der Waals surface area contributed by atoms with Crippen LogP contribution in [0, 0.1) is 10.1 Å². The molecule has 8 nitrogen and oxygen atoms in total. The average Bonchev–Trinajstić information content (AvgIpc) is 2.67. The third-order valence-electron chi connectivity index (χ3n) is 3.57. The molecular formula is C19H19N3O5. The van der Waals surface area contributed by atoms with Gasteiger partial charge in [-0.2, -0.15) is 5.10 Å². The van der Waals surface area contributed by atoms with Crippen LogP contribution in [0.4, 0.5) is 5.69 Å². The minimum absolute atomic E-state index is 0.000335. The Balaban J connectivity index is 1.91. The molecule has 0 aliphatic heterocycles. The first-order valence-corrected chi connectivity index (χ1v) is 7.98. The molecule has 0 fully saturated rings. The van der Waals surface area contributed by atoms with Crippen LogP contribution in [0.5, 0.6) is 11.5 Å². The first-order valence-electron chi connectivity index (χ1n) is 7.98. The van der Waals surface area contributed by atoms with Crippen LogP contribution in [-0.2, 0) is 11.2 Å². The molecule has 0 aromatic heterocycles. The molecule has 140 valence electrons. The smallest absolute Gasteiger partial charge is 0.276 e. The minimum atomic E-state index is -0.457. The first-order chi connectivity index (χ1) is 13.0. The van der Waals surface area contributed by atoms with E-state index in [-0.39, 0.29) is 18.0 Å². The molecule has 0 aliphatic carbocycles. The highest BCUT2D eigenvalue weighted by Crippen LogP contribution is 2.27. The number of nitro benzene ring substituents is 1. The maximum atomic E-state index is 11.9. The fraction of sp³-hybridized carbons (Fsp3) is 0.158. The van der Waals surface area contributed by atoms with Gasteiger partial charge >= 0.3 is 0 Å². The summed E-state index contributed by atoms with van der Waals surface area (Å²) in [4.78, 5) is 22.4. The number of hydrogen-bond donors (Lipinski definition) is 1. The predicted octanol–water partition coefficient (Wildman–Crippen LogP) is 2.97. The van der Waals surface area contributed by atoms with Crippen molar-refractivity contribution in [3.8, 4) is 11.5 Å². The standard InChI is InChI=1S/C19H19N3O5/c1-26-17-10-9-14(12-18(17)27-2)13-19(23)21-20-11-5-7-15-6-3-4-8-16(15)22(24)25/h3-12H,13H2,1-2H3,(H,21,23)/b7-5+,20-11+. The second kappa shape index (κ2) is 9.71. The summed E-state index contributed by atoms with van der Waals surface area (Å²) in [6.07, 6.45) is 4.52. The molecule has 0 radical (unpaired) electrons. The summed E-state index contributed by atoms with van der Waals surface area (Å²) >= 11 is 0.